The third kappa shape index (κ3) is 4.53. The largest absolute Gasteiger partial charge is 0.459 e. The van der Waals surface area contributed by atoms with Gasteiger partial charge in [0, 0.05) is 23.0 Å². The first-order valence-electron chi connectivity index (χ1n) is 7.81. The molecule has 1 aromatic carbocycles. The molecule has 0 aliphatic carbocycles. The number of hydrogen-bond acceptors (Lipinski definition) is 5. The Hall–Kier alpha value is -2.57. The van der Waals surface area contributed by atoms with Crippen LogP contribution in [0.1, 0.15) is 16.1 Å². The van der Waals surface area contributed by atoms with Gasteiger partial charge in [0.2, 0.25) is 0 Å². The lowest BCUT2D eigenvalue weighted by molar-refractivity contribution is -0.133. The first-order valence-corrected chi connectivity index (χ1v) is 9.13. The number of benzene rings is 1. The number of carbonyl (C=O) groups excluding carboxylic acids is 2. The molecule has 0 bridgehead atoms. The van der Waals surface area contributed by atoms with E-state index in [0.29, 0.717) is 22.1 Å². The average molecular weight is 390 g/mol. The van der Waals surface area contributed by atoms with Gasteiger partial charge < -0.3 is 14.1 Å². The van der Waals surface area contributed by atoms with Crippen LogP contribution in [0.5, 0.6) is 0 Å². The van der Waals surface area contributed by atoms with E-state index in [4.69, 9.17) is 20.8 Å². The summed E-state index contributed by atoms with van der Waals surface area (Å²) < 4.78 is 10.8. The van der Waals surface area contributed by atoms with Crippen LogP contribution in [0, 0.1) is 0 Å². The number of ether oxygens (including phenoxy) is 1. The van der Waals surface area contributed by atoms with Gasteiger partial charge in [-0.2, -0.15) is 11.3 Å². The summed E-state index contributed by atoms with van der Waals surface area (Å²) >= 11 is 7.28. The third-order valence-corrected chi connectivity index (χ3v) is 4.63. The Bertz CT molecular complexity index is 887. The van der Waals surface area contributed by atoms with Crippen molar-refractivity contribution in [3.63, 3.8) is 0 Å². The molecule has 2 aromatic heterocycles. The average Bonchev–Trinajstić information content (AvgIpc) is 3.32. The van der Waals surface area contributed by atoms with Gasteiger partial charge >= 0.3 is 5.97 Å². The number of likely N-dealkylation sites (N-methyl/N-ethyl adjacent to an activating group) is 1. The molecule has 0 N–H and O–H groups in total. The molecule has 0 aliphatic heterocycles. The molecule has 3 aromatic rings. The van der Waals surface area contributed by atoms with E-state index in [1.54, 1.807) is 36.0 Å². The van der Waals surface area contributed by atoms with E-state index in [1.807, 2.05) is 24.3 Å². The number of halogens is 1. The molecule has 0 saturated heterocycles. The molecule has 0 atom stereocenters. The van der Waals surface area contributed by atoms with Crippen LogP contribution in [0.25, 0.3) is 11.3 Å². The number of nitrogens with zero attached hydrogens (tertiary/aromatic N) is 1. The highest BCUT2D eigenvalue weighted by molar-refractivity contribution is 7.08. The van der Waals surface area contributed by atoms with Crippen LogP contribution < -0.4 is 0 Å². The van der Waals surface area contributed by atoms with Crippen LogP contribution in [0.3, 0.4) is 0 Å². The van der Waals surface area contributed by atoms with Gasteiger partial charge in [-0.25, -0.2) is 4.79 Å². The van der Waals surface area contributed by atoms with E-state index in [0.717, 1.165) is 5.56 Å². The molecule has 26 heavy (non-hydrogen) atoms. The second-order valence-corrected chi connectivity index (χ2v) is 6.83. The lowest BCUT2D eigenvalue weighted by Gasteiger charge is -2.15. The topological polar surface area (TPSA) is 59.8 Å². The number of amides is 1. The number of carbonyl (C=O) groups is 2. The fourth-order valence-corrected chi connectivity index (χ4v) is 3.01. The number of furan rings is 1. The second-order valence-electron chi connectivity index (χ2n) is 5.61. The van der Waals surface area contributed by atoms with Crippen molar-refractivity contribution < 1.29 is 18.7 Å². The lowest BCUT2D eigenvalue weighted by Crippen LogP contribution is -2.30. The molecule has 134 valence electrons. The number of hydrogen-bond donors (Lipinski definition) is 0. The normalized spacial score (nSPS) is 10.5. The summed E-state index contributed by atoms with van der Waals surface area (Å²) in [6.07, 6.45) is 0. The van der Waals surface area contributed by atoms with Crippen molar-refractivity contribution in [1.29, 1.82) is 0 Å². The zero-order valence-electron chi connectivity index (χ0n) is 14.0. The fraction of sp³-hybridized carbons (Fsp3) is 0.158. The van der Waals surface area contributed by atoms with Crippen LogP contribution in [-0.4, -0.2) is 30.4 Å². The SMILES string of the molecule is CN(Cc1ccc(-c2ccc(Cl)cc2)o1)C(=O)COC(=O)c1ccsc1. The molecular weight excluding hydrogens is 374 g/mol. The van der Waals surface area contributed by atoms with Crippen molar-refractivity contribution in [1.82, 2.24) is 4.90 Å². The minimum atomic E-state index is -0.504. The van der Waals surface area contributed by atoms with Crippen LogP contribution in [0.2, 0.25) is 5.02 Å². The molecule has 0 spiro atoms. The molecule has 3 rings (SSSR count). The van der Waals surface area contributed by atoms with E-state index < -0.39 is 5.97 Å². The van der Waals surface area contributed by atoms with E-state index in [1.165, 1.54) is 16.2 Å². The fourth-order valence-electron chi connectivity index (χ4n) is 2.26. The Morgan fingerprint density at radius 3 is 2.62 bits per heavy atom. The van der Waals surface area contributed by atoms with Crippen LogP contribution in [0.15, 0.2) is 57.6 Å². The van der Waals surface area contributed by atoms with Gasteiger partial charge in [-0.1, -0.05) is 11.6 Å². The third-order valence-electron chi connectivity index (χ3n) is 3.69. The monoisotopic (exact) mass is 389 g/mol. The Morgan fingerprint density at radius 1 is 1.15 bits per heavy atom. The van der Waals surface area contributed by atoms with Crippen molar-refractivity contribution in [2.24, 2.45) is 0 Å². The number of thiophene rings is 1. The highest BCUT2D eigenvalue weighted by Crippen LogP contribution is 2.24. The predicted octanol–water partition coefficient (Wildman–Crippen LogP) is 4.48. The summed E-state index contributed by atoms with van der Waals surface area (Å²) in [4.78, 5) is 25.3. The van der Waals surface area contributed by atoms with E-state index in [-0.39, 0.29) is 19.1 Å². The molecule has 0 fully saturated rings. The summed E-state index contributed by atoms with van der Waals surface area (Å²) in [5, 5.41) is 4.11. The maximum atomic E-state index is 12.1. The Labute approximate surface area is 159 Å². The molecule has 7 heteroatoms. The summed E-state index contributed by atoms with van der Waals surface area (Å²) in [6, 6.07) is 12.6. The minimum Gasteiger partial charge on any atom is -0.459 e. The zero-order valence-corrected chi connectivity index (χ0v) is 15.5. The van der Waals surface area contributed by atoms with Gasteiger partial charge in [-0.05, 0) is 47.8 Å². The summed E-state index contributed by atoms with van der Waals surface area (Å²) in [7, 11) is 1.63. The van der Waals surface area contributed by atoms with Crippen molar-refractivity contribution in [3.05, 3.63) is 69.6 Å². The van der Waals surface area contributed by atoms with Gasteiger partial charge in [0.15, 0.2) is 6.61 Å². The maximum Gasteiger partial charge on any atom is 0.339 e. The van der Waals surface area contributed by atoms with Crippen molar-refractivity contribution in [3.8, 4) is 11.3 Å². The van der Waals surface area contributed by atoms with Gasteiger partial charge in [-0.15, -0.1) is 0 Å². The molecule has 0 saturated carbocycles. The standard InChI is InChI=1S/C19H16ClNO4S/c1-21(18(22)11-24-19(23)14-8-9-26-12-14)10-16-6-7-17(25-16)13-2-4-15(20)5-3-13/h2-9,12H,10-11H2,1H3. The Morgan fingerprint density at radius 2 is 1.92 bits per heavy atom. The first-order chi connectivity index (χ1) is 12.5. The highest BCUT2D eigenvalue weighted by Gasteiger charge is 2.15. The number of esters is 1. The van der Waals surface area contributed by atoms with E-state index >= 15 is 0 Å². The van der Waals surface area contributed by atoms with Crippen LogP contribution in [0.4, 0.5) is 0 Å². The van der Waals surface area contributed by atoms with Gasteiger partial charge in [0.05, 0.1) is 12.1 Å². The Kier molecular flexibility index (Phi) is 5.75. The summed E-state index contributed by atoms with van der Waals surface area (Å²) in [5.41, 5.74) is 1.35. The molecule has 5 nitrogen and oxygen atoms in total. The van der Waals surface area contributed by atoms with Crippen molar-refractivity contribution >= 4 is 34.8 Å². The van der Waals surface area contributed by atoms with Crippen LogP contribution >= 0.6 is 22.9 Å². The Balaban J connectivity index is 1.54. The minimum absolute atomic E-state index is 0.280. The zero-order chi connectivity index (χ0) is 18.5. The molecule has 2 heterocycles. The smallest absolute Gasteiger partial charge is 0.339 e. The number of rotatable bonds is 6. The molecule has 1 amide bonds. The summed E-state index contributed by atoms with van der Waals surface area (Å²) in [6.45, 7) is -0.0294. The van der Waals surface area contributed by atoms with E-state index in [9.17, 15) is 9.59 Å². The maximum absolute atomic E-state index is 12.1. The van der Waals surface area contributed by atoms with Gasteiger partial charge in [-0.3, -0.25) is 4.79 Å². The van der Waals surface area contributed by atoms with Crippen LogP contribution in [-0.2, 0) is 16.1 Å². The predicted molar refractivity (Wildman–Crippen MR) is 100 cm³/mol. The molecule has 0 unspecified atom stereocenters. The molecule has 0 aliphatic rings. The molecule has 0 radical (unpaired) electrons. The quantitative estimate of drug-likeness (QED) is 0.583. The van der Waals surface area contributed by atoms with Gasteiger partial charge in [0.1, 0.15) is 11.5 Å². The second kappa shape index (κ2) is 8.21. The highest BCUT2D eigenvalue weighted by atomic mass is 35.5. The van der Waals surface area contributed by atoms with Crippen molar-refractivity contribution in [2.75, 3.05) is 13.7 Å². The van der Waals surface area contributed by atoms with E-state index in [2.05, 4.69) is 0 Å². The summed E-state index contributed by atoms with van der Waals surface area (Å²) in [5.74, 6) is 0.519. The lowest BCUT2D eigenvalue weighted by atomic mass is 10.2. The van der Waals surface area contributed by atoms with Crippen molar-refractivity contribution in [2.45, 2.75) is 6.54 Å². The molecular formula is C19H16ClNO4S. The van der Waals surface area contributed by atoms with Gasteiger partial charge in [0.25, 0.3) is 5.91 Å². The first kappa shape index (κ1) is 18.2.